The summed E-state index contributed by atoms with van der Waals surface area (Å²) in [4.78, 5) is 21.8. The summed E-state index contributed by atoms with van der Waals surface area (Å²) in [5.41, 5.74) is 5.40. The molecule has 6 nitrogen and oxygen atoms in total. The normalized spacial score (nSPS) is 14.1. The molecular weight excluding hydrogens is 224 g/mol. The van der Waals surface area contributed by atoms with E-state index in [1.165, 1.54) is 7.11 Å². The van der Waals surface area contributed by atoms with Crippen LogP contribution in [0, 0.1) is 5.92 Å². The Balaban J connectivity index is 3.71. The van der Waals surface area contributed by atoms with E-state index in [9.17, 15) is 9.59 Å². The van der Waals surface area contributed by atoms with Crippen LogP contribution in [0.25, 0.3) is 0 Å². The molecule has 0 rings (SSSR count). The van der Waals surface area contributed by atoms with E-state index in [0.717, 1.165) is 0 Å². The van der Waals surface area contributed by atoms with E-state index >= 15 is 0 Å². The van der Waals surface area contributed by atoms with Crippen LogP contribution in [0.5, 0.6) is 0 Å². The molecule has 17 heavy (non-hydrogen) atoms. The number of carbonyl (C=O) groups is 2. The van der Waals surface area contributed by atoms with Gasteiger partial charge in [0, 0.05) is 26.6 Å². The van der Waals surface area contributed by atoms with Crippen LogP contribution in [-0.2, 0) is 14.3 Å². The predicted octanol–water partition coefficient (Wildman–Crippen LogP) is -0.0327. The smallest absolute Gasteiger partial charge is 0.303 e. The summed E-state index contributed by atoms with van der Waals surface area (Å²) in [6, 6.07) is 0. The van der Waals surface area contributed by atoms with Gasteiger partial charge in [-0.2, -0.15) is 0 Å². The molecule has 0 heterocycles. The summed E-state index contributed by atoms with van der Waals surface area (Å²) < 4.78 is 4.99. The molecule has 0 saturated carbocycles. The number of methoxy groups -OCH3 is 1. The lowest BCUT2D eigenvalue weighted by Crippen LogP contribution is -2.34. The Morgan fingerprint density at radius 2 is 2.12 bits per heavy atom. The predicted molar refractivity (Wildman–Crippen MR) is 63.5 cm³/mol. The van der Waals surface area contributed by atoms with E-state index in [0.29, 0.717) is 19.5 Å². The summed E-state index contributed by atoms with van der Waals surface area (Å²) in [6.45, 7) is 2.69. The first kappa shape index (κ1) is 15.9. The number of hydrogen-bond donors (Lipinski definition) is 3. The van der Waals surface area contributed by atoms with E-state index in [4.69, 9.17) is 15.6 Å². The number of rotatable bonds is 9. The molecule has 1 amide bonds. The highest BCUT2D eigenvalue weighted by atomic mass is 16.5. The van der Waals surface area contributed by atoms with Crippen molar-refractivity contribution in [3.63, 3.8) is 0 Å². The Kier molecular flexibility index (Phi) is 8.35. The first-order valence-electron chi connectivity index (χ1n) is 5.71. The van der Waals surface area contributed by atoms with Crippen molar-refractivity contribution in [3.05, 3.63) is 0 Å². The lowest BCUT2D eigenvalue weighted by molar-refractivity contribution is -0.137. The minimum absolute atomic E-state index is 0.121. The van der Waals surface area contributed by atoms with Gasteiger partial charge in [-0.15, -0.1) is 0 Å². The average molecular weight is 246 g/mol. The second-order valence-corrected chi connectivity index (χ2v) is 4.14. The molecule has 6 heteroatoms. The fourth-order valence-corrected chi connectivity index (χ4v) is 1.30. The van der Waals surface area contributed by atoms with E-state index in [-0.39, 0.29) is 30.8 Å². The standard InChI is InChI=1S/C11H22N2O4/c1-8(3-4-11(15)16)7-13-10(14)5-9(6-12)17-2/h8-9H,3-7,12H2,1-2H3,(H,13,14)(H,15,16). The number of ether oxygens (including phenoxy) is 1. The highest BCUT2D eigenvalue weighted by Gasteiger charge is 2.12. The number of nitrogens with one attached hydrogen (secondary N) is 1. The maximum Gasteiger partial charge on any atom is 0.303 e. The van der Waals surface area contributed by atoms with E-state index in [1.54, 1.807) is 0 Å². The van der Waals surface area contributed by atoms with Crippen LogP contribution < -0.4 is 11.1 Å². The maximum atomic E-state index is 11.5. The van der Waals surface area contributed by atoms with E-state index in [2.05, 4.69) is 5.32 Å². The molecule has 0 aromatic heterocycles. The summed E-state index contributed by atoms with van der Waals surface area (Å²) in [5.74, 6) is -0.788. The largest absolute Gasteiger partial charge is 0.481 e. The second-order valence-electron chi connectivity index (χ2n) is 4.14. The van der Waals surface area contributed by atoms with Gasteiger partial charge in [0.2, 0.25) is 5.91 Å². The van der Waals surface area contributed by atoms with E-state index < -0.39 is 5.97 Å². The van der Waals surface area contributed by atoms with Gasteiger partial charge in [0.05, 0.1) is 12.5 Å². The highest BCUT2D eigenvalue weighted by Crippen LogP contribution is 2.04. The summed E-state index contributed by atoms with van der Waals surface area (Å²) in [6.07, 6.45) is 0.656. The molecule has 2 atom stereocenters. The summed E-state index contributed by atoms with van der Waals surface area (Å²) in [7, 11) is 1.51. The van der Waals surface area contributed by atoms with Crippen molar-refractivity contribution < 1.29 is 19.4 Å². The average Bonchev–Trinajstić information content (AvgIpc) is 2.30. The fraction of sp³-hybridized carbons (Fsp3) is 0.818. The Bertz CT molecular complexity index is 242. The Labute approximate surface area is 102 Å². The molecule has 0 spiro atoms. The molecule has 0 aromatic carbocycles. The van der Waals surface area contributed by atoms with Crippen molar-refractivity contribution in [1.82, 2.24) is 5.32 Å². The van der Waals surface area contributed by atoms with Crippen LogP contribution in [-0.4, -0.2) is 43.3 Å². The minimum Gasteiger partial charge on any atom is -0.481 e. The molecule has 100 valence electrons. The first-order valence-corrected chi connectivity index (χ1v) is 5.71. The highest BCUT2D eigenvalue weighted by molar-refractivity contribution is 5.76. The van der Waals surface area contributed by atoms with Gasteiger partial charge in [0.15, 0.2) is 0 Å². The van der Waals surface area contributed by atoms with Crippen LogP contribution in [0.4, 0.5) is 0 Å². The van der Waals surface area contributed by atoms with Crippen LogP contribution in [0.3, 0.4) is 0 Å². The molecule has 0 aromatic rings. The summed E-state index contributed by atoms with van der Waals surface area (Å²) in [5, 5.41) is 11.2. The van der Waals surface area contributed by atoms with Gasteiger partial charge in [-0.3, -0.25) is 9.59 Å². The Morgan fingerprint density at radius 3 is 2.59 bits per heavy atom. The lowest BCUT2D eigenvalue weighted by Gasteiger charge is -2.14. The molecule has 0 radical (unpaired) electrons. The molecule has 0 saturated heterocycles. The Morgan fingerprint density at radius 1 is 1.47 bits per heavy atom. The molecular formula is C11H22N2O4. The SMILES string of the molecule is COC(CN)CC(=O)NCC(C)CCC(=O)O. The van der Waals surface area contributed by atoms with Crippen molar-refractivity contribution in [2.45, 2.75) is 32.3 Å². The third kappa shape index (κ3) is 8.65. The van der Waals surface area contributed by atoms with Gasteiger partial charge in [0.1, 0.15) is 0 Å². The molecule has 4 N–H and O–H groups in total. The zero-order chi connectivity index (χ0) is 13.3. The van der Waals surface area contributed by atoms with Crippen LogP contribution >= 0.6 is 0 Å². The topological polar surface area (TPSA) is 102 Å². The third-order valence-corrected chi connectivity index (χ3v) is 2.51. The van der Waals surface area contributed by atoms with Gasteiger partial charge in [-0.05, 0) is 12.3 Å². The molecule has 0 aliphatic heterocycles. The molecule has 0 fully saturated rings. The molecule has 0 aliphatic rings. The van der Waals surface area contributed by atoms with Crippen LogP contribution in [0.15, 0.2) is 0 Å². The number of amides is 1. The Hall–Kier alpha value is -1.14. The molecule has 0 bridgehead atoms. The van der Waals surface area contributed by atoms with Gasteiger partial charge in [-0.25, -0.2) is 0 Å². The number of hydrogen-bond acceptors (Lipinski definition) is 4. The van der Waals surface area contributed by atoms with Crippen molar-refractivity contribution in [1.29, 1.82) is 0 Å². The van der Waals surface area contributed by atoms with Crippen LogP contribution in [0.1, 0.15) is 26.2 Å². The van der Waals surface area contributed by atoms with Gasteiger partial charge < -0.3 is 20.9 Å². The lowest BCUT2D eigenvalue weighted by atomic mass is 10.1. The minimum atomic E-state index is -0.814. The van der Waals surface area contributed by atoms with Crippen molar-refractivity contribution >= 4 is 11.9 Å². The fourth-order valence-electron chi connectivity index (χ4n) is 1.30. The van der Waals surface area contributed by atoms with Crippen molar-refractivity contribution in [3.8, 4) is 0 Å². The zero-order valence-electron chi connectivity index (χ0n) is 10.4. The van der Waals surface area contributed by atoms with E-state index in [1.807, 2.05) is 6.92 Å². The number of carboxylic acid groups (broad SMARTS) is 1. The van der Waals surface area contributed by atoms with Gasteiger partial charge in [-0.1, -0.05) is 6.92 Å². The molecule has 0 aliphatic carbocycles. The number of carboxylic acids is 1. The molecule has 2 unspecified atom stereocenters. The van der Waals surface area contributed by atoms with Gasteiger partial charge >= 0.3 is 5.97 Å². The number of carbonyl (C=O) groups excluding carboxylic acids is 1. The van der Waals surface area contributed by atoms with Crippen molar-refractivity contribution in [2.75, 3.05) is 20.2 Å². The van der Waals surface area contributed by atoms with Gasteiger partial charge in [0.25, 0.3) is 0 Å². The third-order valence-electron chi connectivity index (χ3n) is 2.51. The number of aliphatic carboxylic acids is 1. The monoisotopic (exact) mass is 246 g/mol. The second kappa shape index (κ2) is 8.95. The quantitative estimate of drug-likeness (QED) is 0.530. The summed E-state index contributed by atoms with van der Waals surface area (Å²) >= 11 is 0. The van der Waals surface area contributed by atoms with Crippen molar-refractivity contribution in [2.24, 2.45) is 11.7 Å². The maximum absolute atomic E-state index is 11.5. The zero-order valence-corrected chi connectivity index (χ0v) is 10.4. The number of nitrogens with two attached hydrogens (primary N) is 1. The first-order chi connectivity index (χ1) is 7.99. The van der Waals surface area contributed by atoms with Crippen LogP contribution in [0.2, 0.25) is 0 Å².